The van der Waals surface area contributed by atoms with Crippen LogP contribution in [0.4, 0.5) is 4.79 Å². The molecular weight excluding hydrogens is 464 g/mol. The maximum atomic E-state index is 13.3. The lowest BCUT2D eigenvalue weighted by Crippen LogP contribution is -2.45. The van der Waals surface area contributed by atoms with Crippen LogP contribution in [0.15, 0.2) is 81.2 Å². The highest BCUT2D eigenvalue weighted by atomic mass is 32.2. The highest BCUT2D eigenvalue weighted by Gasteiger charge is 2.36. The van der Waals surface area contributed by atoms with E-state index in [1.165, 1.54) is 0 Å². The van der Waals surface area contributed by atoms with E-state index in [0.29, 0.717) is 18.3 Å². The minimum atomic E-state index is -0.395. The molecule has 1 N–H and O–H groups in total. The number of hydrogen-bond donors (Lipinski definition) is 1. The smallest absolute Gasteiger partial charge is 0.322 e. The lowest BCUT2D eigenvalue weighted by atomic mass is 9.94. The fourth-order valence-corrected chi connectivity index (χ4v) is 5.15. The molecule has 1 unspecified atom stereocenters. The lowest BCUT2D eigenvalue weighted by molar-refractivity contribution is 0.203. The topological polar surface area (TPSA) is 71.3 Å². The van der Waals surface area contributed by atoms with Gasteiger partial charge in [-0.1, -0.05) is 47.6 Å². The van der Waals surface area contributed by atoms with Crippen molar-refractivity contribution in [3.05, 3.63) is 94.3 Å². The summed E-state index contributed by atoms with van der Waals surface area (Å²) in [4.78, 5) is 21.9. The Morgan fingerprint density at radius 3 is 2.59 bits per heavy atom. The number of carbonyl (C=O) groups is 1. The Hall–Kier alpha value is -3.36. The van der Waals surface area contributed by atoms with Crippen molar-refractivity contribution in [2.24, 2.45) is 0 Å². The third kappa shape index (κ3) is 4.26. The van der Waals surface area contributed by atoms with Gasteiger partial charge in [-0.3, -0.25) is 4.90 Å². The molecule has 8 heteroatoms. The van der Waals surface area contributed by atoms with E-state index < -0.39 is 6.04 Å². The number of aromatic nitrogens is 2. The normalized spacial score (nSPS) is 16.1. The zero-order valence-electron chi connectivity index (χ0n) is 19.1. The molecule has 1 aliphatic rings. The lowest BCUT2D eigenvalue weighted by Gasteiger charge is -2.35. The van der Waals surface area contributed by atoms with E-state index in [-0.39, 0.29) is 6.03 Å². The molecule has 2 aromatic carbocycles. The fourth-order valence-electron chi connectivity index (χ4n) is 4.09. The Bertz CT molecular complexity index is 1340. The predicted octanol–water partition coefficient (Wildman–Crippen LogP) is 6.53. The van der Waals surface area contributed by atoms with Gasteiger partial charge in [0.15, 0.2) is 0 Å². The van der Waals surface area contributed by atoms with Gasteiger partial charge in [0.2, 0.25) is 5.82 Å². The number of thiophene rings is 1. The highest BCUT2D eigenvalue weighted by molar-refractivity contribution is 7.98. The van der Waals surface area contributed by atoms with Gasteiger partial charge < -0.3 is 9.84 Å². The summed E-state index contributed by atoms with van der Waals surface area (Å²) in [6.07, 6.45) is 2.04. The van der Waals surface area contributed by atoms with Crippen molar-refractivity contribution in [1.82, 2.24) is 20.4 Å². The van der Waals surface area contributed by atoms with Gasteiger partial charge in [-0.05, 0) is 60.4 Å². The summed E-state index contributed by atoms with van der Waals surface area (Å²) >= 11 is 3.24. The molecule has 2 aromatic heterocycles. The van der Waals surface area contributed by atoms with Crippen LogP contribution < -0.4 is 5.32 Å². The van der Waals surface area contributed by atoms with Crippen molar-refractivity contribution >= 4 is 34.7 Å². The standard InChI is InChI=1S/C26H24N4O2S2/c1-16-7-4-5-8-19(16)15-30-17(2)22(25-28-24(29-32-25)21-9-6-14-34-21)23(27-26(30)31)18-10-12-20(33-3)13-11-18/h4-14,23H,15H2,1-3H3,(H,27,31). The minimum Gasteiger partial charge on any atom is -0.334 e. The van der Waals surface area contributed by atoms with E-state index in [1.807, 2.05) is 61.0 Å². The fraction of sp³-hybridized carbons (Fsp3) is 0.192. The van der Waals surface area contributed by atoms with Crippen LogP contribution in [0.5, 0.6) is 0 Å². The number of thioether (sulfide) groups is 1. The quantitative estimate of drug-likeness (QED) is 0.313. The Kier molecular flexibility index (Phi) is 6.26. The first-order valence-electron chi connectivity index (χ1n) is 10.9. The van der Waals surface area contributed by atoms with Crippen LogP contribution in [0.1, 0.15) is 35.5 Å². The van der Waals surface area contributed by atoms with Crippen molar-refractivity contribution < 1.29 is 9.32 Å². The van der Waals surface area contributed by atoms with Crippen LogP contribution in [0.25, 0.3) is 16.3 Å². The molecule has 0 radical (unpaired) electrons. The van der Waals surface area contributed by atoms with Gasteiger partial charge in [-0.2, -0.15) is 4.98 Å². The number of aryl methyl sites for hydroxylation is 1. The van der Waals surface area contributed by atoms with Crippen molar-refractivity contribution in [1.29, 1.82) is 0 Å². The molecule has 172 valence electrons. The second-order valence-electron chi connectivity index (χ2n) is 8.07. The van der Waals surface area contributed by atoms with E-state index in [4.69, 9.17) is 9.51 Å². The van der Waals surface area contributed by atoms with Crippen LogP contribution in [-0.2, 0) is 6.54 Å². The van der Waals surface area contributed by atoms with Crippen LogP contribution in [-0.4, -0.2) is 27.3 Å². The van der Waals surface area contributed by atoms with Crippen LogP contribution in [0.2, 0.25) is 0 Å². The molecule has 4 aromatic rings. The van der Waals surface area contributed by atoms with Gasteiger partial charge in [0, 0.05) is 10.6 Å². The van der Waals surface area contributed by atoms with Crippen molar-refractivity contribution in [3.8, 4) is 10.7 Å². The van der Waals surface area contributed by atoms with Gasteiger partial charge in [0.05, 0.1) is 23.0 Å². The van der Waals surface area contributed by atoms with Crippen molar-refractivity contribution in [3.63, 3.8) is 0 Å². The van der Waals surface area contributed by atoms with Gasteiger partial charge in [-0.25, -0.2) is 4.79 Å². The summed E-state index contributed by atoms with van der Waals surface area (Å²) in [5.41, 5.74) is 4.79. The summed E-state index contributed by atoms with van der Waals surface area (Å²) in [5.74, 6) is 0.957. The second kappa shape index (κ2) is 9.48. The largest absolute Gasteiger partial charge is 0.334 e. The summed E-state index contributed by atoms with van der Waals surface area (Å²) in [5, 5.41) is 9.38. The van der Waals surface area contributed by atoms with E-state index in [1.54, 1.807) is 28.0 Å². The summed E-state index contributed by atoms with van der Waals surface area (Å²) in [6.45, 7) is 4.46. The number of benzene rings is 2. The van der Waals surface area contributed by atoms with E-state index in [9.17, 15) is 4.79 Å². The third-order valence-electron chi connectivity index (χ3n) is 6.03. The Balaban J connectivity index is 1.60. The van der Waals surface area contributed by atoms with Gasteiger partial charge in [-0.15, -0.1) is 23.1 Å². The van der Waals surface area contributed by atoms with E-state index in [2.05, 4.69) is 35.6 Å². The average molecular weight is 489 g/mol. The zero-order chi connectivity index (χ0) is 23.7. The van der Waals surface area contributed by atoms with Gasteiger partial charge in [0.25, 0.3) is 5.89 Å². The van der Waals surface area contributed by atoms with Crippen LogP contribution >= 0.6 is 23.1 Å². The maximum Gasteiger partial charge on any atom is 0.322 e. The molecule has 34 heavy (non-hydrogen) atoms. The zero-order valence-corrected chi connectivity index (χ0v) is 20.7. The minimum absolute atomic E-state index is 0.151. The van der Waals surface area contributed by atoms with Crippen molar-refractivity contribution in [2.75, 3.05) is 6.26 Å². The molecule has 2 amide bonds. The van der Waals surface area contributed by atoms with Gasteiger partial charge in [0.1, 0.15) is 0 Å². The molecule has 1 atom stereocenters. The number of nitrogens with zero attached hydrogens (tertiary/aromatic N) is 3. The number of hydrogen-bond acceptors (Lipinski definition) is 6. The first-order chi connectivity index (χ1) is 16.5. The maximum absolute atomic E-state index is 13.3. The molecule has 0 aliphatic carbocycles. The summed E-state index contributed by atoms with van der Waals surface area (Å²) in [7, 11) is 0. The average Bonchev–Trinajstić information content (AvgIpc) is 3.55. The molecule has 1 aliphatic heterocycles. The summed E-state index contributed by atoms with van der Waals surface area (Å²) in [6, 6.07) is 19.7. The number of rotatable bonds is 6. The molecule has 0 bridgehead atoms. The number of amides is 2. The number of carbonyl (C=O) groups excluding carboxylic acids is 1. The summed E-state index contributed by atoms with van der Waals surface area (Å²) < 4.78 is 5.76. The molecule has 6 nitrogen and oxygen atoms in total. The monoisotopic (exact) mass is 488 g/mol. The number of urea groups is 1. The number of allylic oxidation sites excluding steroid dienone is 1. The first-order valence-corrected chi connectivity index (χ1v) is 13.0. The molecular formula is C26H24N4O2S2. The highest BCUT2D eigenvalue weighted by Crippen LogP contribution is 2.38. The van der Waals surface area contributed by atoms with Crippen LogP contribution in [0.3, 0.4) is 0 Å². The Morgan fingerprint density at radius 2 is 1.88 bits per heavy atom. The first kappa shape index (κ1) is 22.4. The molecule has 0 fully saturated rings. The number of nitrogens with one attached hydrogen (secondary N) is 1. The molecule has 0 saturated carbocycles. The predicted molar refractivity (Wildman–Crippen MR) is 136 cm³/mol. The Morgan fingerprint density at radius 1 is 1.09 bits per heavy atom. The van der Waals surface area contributed by atoms with Crippen LogP contribution in [0, 0.1) is 6.92 Å². The molecule has 5 rings (SSSR count). The van der Waals surface area contributed by atoms with Crippen molar-refractivity contribution in [2.45, 2.75) is 31.3 Å². The second-order valence-corrected chi connectivity index (χ2v) is 9.90. The third-order valence-corrected chi connectivity index (χ3v) is 7.64. The Labute approximate surface area is 206 Å². The molecule has 3 heterocycles. The van der Waals surface area contributed by atoms with Gasteiger partial charge >= 0.3 is 6.03 Å². The van der Waals surface area contributed by atoms with E-state index >= 15 is 0 Å². The molecule has 0 spiro atoms. The SMILES string of the molecule is CSc1ccc(C2NC(=O)N(Cc3ccccc3C)C(C)=C2c2nc(-c3cccs3)no2)cc1. The molecule has 0 saturated heterocycles. The van der Waals surface area contributed by atoms with E-state index in [0.717, 1.165) is 37.7 Å².